The molecule has 1 fully saturated rings. The number of likely N-dealkylation sites (tertiary alicyclic amines) is 1. The number of hydrogen-bond acceptors (Lipinski definition) is 6. The molecule has 180 valence electrons. The zero-order valence-electron chi connectivity index (χ0n) is 19.2. The Morgan fingerprint density at radius 1 is 1.20 bits per heavy atom. The molecule has 5 rings (SSSR count). The Morgan fingerprint density at radius 3 is 2.71 bits per heavy atom. The topological polar surface area (TPSA) is 105 Å². The number of benzene rings is 2. The van der Waals surface area contributed by atoms with Crippen molar-refractivity contribution in [3.05, 3.63) is 66.1 Å². The minimum absolute atomic E-state index is 0.0408. The van der Waals surface area contributed by atoms with Crippen LogP contribution in [0.15, 0.2) is 59.6 Å². The van der Waals surface area contributed by atoms with Crippen molar-refractivity contribution in [3.8, 4) is 23.0 Å². The Kier molecular flexibility index (Phi) is 5.76. The third kappa shape index (κ3) is 4.49. The van der Waals surface area contributed by atoms with E-state index >= 15 is 0 Å². The van der Waals surface area contributed by atoms with Gasteiger partial charge in [-0.1, -0.05) is 6.07 Å². The number of H-pyrrole nitrogens is 1. The minimum Gasteiger partial charge on any atom is -0.457 e. The van der Waals surface area contributed by atoms with Crippen LogP contribution in [0.5, 0.6) is 11.5 Å². The molecule has 1 N–H and O–H groups in total. The largest absolute Gasteiger partial charge is 0.457 e. The Bertz CT molecular complexity index is 1540. The molecule has 1 atom stereocenters. The summed E-state index contributed by atoms with van der Waals surface area (Å²) in [6.45, 7) is 2.17. The number of ether oxygens (including phenoxy) is 1. The fraction of sp³-hybridized carbons (Fsp3) is 0.240. The summed E-state index contributed by atoms with van der Waals surface area (Å²) < 4.78 is 44.2. The van der Waals surface area contributed by atoms with Crippen molar-refractivity contribution in [1.82, 2.24) is 19.9 Å². The number of sulfone groups is 1. The molecule has 35 heavy (non-hydrogen) atoms. The van der Waals surface area contributed by atoms with Crippen molar-refractivity contribution >= 4 is 26.8 Å². The van der Waals surface area contributed by atoms with E-state index in [9.17, 15) is 17.6 Å². The molecule has 0 radical (unpaired) electrons. The zero-order chi connectivity index (χ0) is 24.7. The minimum atomic E-state index is -3.71. The summed E-state index contributed by atoms with van der Waals surface area (Å²) in [5.74, 6) is 0.212. The van der Waals surface area contributed by atoms with Crippen LogP contribution in [-0.2, 0) is 14.6 Å². The number of aromatic nitrogens is 3. The highest BCUT2D eigenvalue weighted by Crippen LogP contribution is 2.41. The first-order valence-corrected chi connectivity index (χ1v) is 13.0. The van der Waals surface area contributed by atoms with Crippen molar-refractivity contribution in [3.63, 3.8) is 0 Å². The van der Waals surface area contributed by atoms with Gasteiger partial charge in [-0.2, -0.15) is 0 Å². The highest BCUT2D eigenvalue weighted by atomic mass is 32.2. The first-order valence-electron chi connectivity index (χ1n) is 11.1. The summed E-state index contributed by atoms with van der Waals surface area (Å²) in [5.41, 5.74) is 2.80. The number of carbonyl (C=O) groups excluding carboxylic acids is 1. The van der Waals surface area contributed by atoms with Gasteiger partial charge in [0.1, 0.15) is 27.9 Å². The van der Waals surface area contributed by atoms with Gasteiger partial charge in [0.05, 0.1) is 17.1 Å². The molecule has 8 nitrogen and oxygen atoms in total. The summed E-state index contributed by atoms with van der Waals surface area (Å²) in [5, 5.41) is 0. The summed E-state index contributed by atoms with van der Waals surface area (Å²) in [6.07, 6.45) is 4.23. The lowest BCUT2D eigenvalue weighted by Crippen LogP contribution is -2.28. The van der Waals surface area contributed by atoms with Crippen LogP contribution in [0.3, 0.4) is 0 Å². The number of carbonyl (C=O) groups is 1. The van der Waals surface area contributed by atoms with E-state index in [1.165, 1.54) is 19.1 Å². The molecule has 1 aliphatic heterocycles. The summed E-state index contributed by atoms with van der Waals surface area (Å²) in [6, 6.07) is 12.6. The molecule has 10 heteroatoms. The van der Waals surface area contributed by atoms with Gasteiger partial charge in [0.25, 0.3) is 0 Å². The van der Waals surface area contributed by atoms with Crippen molar-refractivity contribution in [2.45, 2.75) is 30.7 Å². The quantitative estimate of drug-likeness (QED) is 0.433. The number of nitrogens with one attached hydrogen (secondary N) is 1. The van der Waals surface area contributed by atoms with Crippen molar-refractivity contribution in [1.29, 1.82) is 0 Å². The van der Waals surface area contributed by atoms with E-state index in [1.807, 2.05) is 24.3 Å². The SMILES string of the molecule is CC(=O)N1CCCC1c1cc2[nH]c(-c3ccccn3)nc2cc1Oc1ccc(S(C)(=O)=O)c(F)c1. The number of aromatic amines is 1. The molecule has 2 aromatic heterocycles. The molecule has 0 bridgehead atoms. The fourth-order valence-electron chi connectivity index (χ4n) is 4.47. The summed E-state index contributed by atoms with van der Waals surface area (Å²) in [7, 11) is -3.71. The number of amides is 1. The Labute approximate surface area is 201 Å². The van der Waals surface area contributed by atoms with Crippen LogP contribution >= 0.6 is 0 Å². The normalized spacial score (nSPS) is 16.1. The van der Waals surface area contributed by atoms with Gasteiger partial charge in [-0.3, -0.25) is 9.78 Å². The van der Waals surface area contributed by atoms with E-state index in [2.05, 4.69) is 15.0 Å². The number of pyridine rings is 1. The molecule has 1 unspecified atom stereocenters. The Hall–Kier alpha value is -3.79. The maximum Gasteiger partial charge on any atom is 0.219 e. The Morgan fingerprint density at radius 2 is 2.03 bits per heavy atom. The van der Waals surface area contributed by atoms with Crippen LogP contribution in [0.4, 0.5) is 4.39 Å². The molecule has 4 aromatic rings. The van der Waals surface area contributed by atoms with Gasteiger partial charge < -0.3 is 14.6 Å². The zero-order valence-corrected chi connectivity index (χ0v) is 20.0. The van der Waals surface area contributed by atoms with Crippen LogP contribution in [0.25, 0.3) is 22.6 Å². The maximum absolute atomic E-state index is 14.5. The van der Waals surface area contributed by atoms with E-state index in [4.69, 9.17) is 4.74 Å². The number of halogens is 1. The average molecular weight is 495 g/mol. The van der Waals surface area contributed by atoms with Gasteiger partial charge in [-0.05, 0) is 43.2 Å². The molecule has 1 saturated heterocycles. The maximum atomic E-state index is 14.5. The van der Waals surface area contributed by atoms with E-state index in [0.717, 1.165) is 36.2 Å². The summed E-state index contributed by atoms with van der Waals surface area (Å²) in [4.78, 5) is 25.9. The standard InChI is InChI=1S/C25H23FN4O4S/c1-15(31)30-11-5-7-22(30)17-13-20-21(29-25(28-20)19-6-3-4-10-27-19)14-23(17)34-16-8-9-24(18(26)12-16)35(2,32)33/h3-4,6,8-10,12-14,22H,5,7,11H2,1-2H3,(H,28,29). The molecule has 0 spiro atoms. The summed E-state index contributed by atoms with van der Waals surface area (Å²) >= 11 is 0. The molecule has 3 heterocycles. The number of rotatable bonds is 5. The third-order valence-electron chi connectivity index (χ3n) is 6.07. The van der Waals surface area contributed by atoms with Crippen LogP contribution in [-0.4, -0.2) is 47.0 Å². The predicted molar refractivity (Wildman–Crippen MR) is 128 cm³/mol. The molecular formula is C25H23FN4O4S. The number of hydrogen-bond donors (Lipinski definition) is 1. The second-order valence-electron chi connectivity index (χ2n) is 8.54. The van der Waals surface area contributed by atoms with Gasteiger partial charge in [0.15, 0.2) is 15.7 Å². The van der Waals surface area contributed by atoms with Gasteiger partial charge in [0, 0.05) is 43.6 Å². The molecule has 0 aliphatic carbocycles. The second-order valence-corrected chi connectivity index (χ2v) is 10.5. The van der Waals surface area contributed by atoms with E-state index in [-0.39, 0.29) is 17.7 Å². The average Bonchev–Trinajstić information content (AvgIpc) is 3.45. The molecule has 1 aliphatic rings. The van der Waals surface area contributed by atoms with Gasteiger partial charge in [0.2, 0.25) is 5.91 Å². The molecular weight excluding hydrogens is 471 g/mol. The van der Waals surface area contributed by atoms with Crippen LogP contribution in [0, 0.1) is 5.82 Å². The molecule has 0 saturated carbocycles. The fourth-order valence-corrected chi connectivity index (χ4v) is 5.20. The lowest BCUT2D eigenvalue weighted by molar-refractivity contribution is -0.129. The second kappa shape index (κ2) is 8.77. The lowest BCUT2D eigenvalue weighted by Gasteiger charge is -2.25. The molecule has 1 amide bonds. The monoisotopic (exact) mass is 494 g/mol. The third-order valence-corrected chi connectivity index (χ3v) is 7.20. The first kappa shape index (κ1) is 23.0. The van der Waals surface area contributed by atoms with Crippen LogP contribution in [0.2, 0.25) is 0 Å². The number of nitrogens with zero attached hydrogens (tertiary/aromatic N) is 3. The first-order chi connectivity index (χ1) is 16.7. The van der Waals surface area contributed by atoms with Crippen LogP contribution < -0.4 is 4.74 Å². The van der Waals surface area contributed by atoms with Crippen molar-refractivity contribution < 1.29 is 22.3 Å². The van der Waals surface area contributed by atoms with Gasteiger partial charge >= 0.3 is 0 Å². The van der Waals surface area contributed by atoms with E-state index < -0.39 is 20.5 Å². The highest BCUT2D eigenvalue weighted by molar-refractivity contribution is 7.90. The lowest BCUT2D eigenvalue weighted by atomic mass is 10.0. The Balaban J connectivity index is 1.61. The van der Waals surface area contributed by atoms with Crippen molar-refractivity contribution in [2.24, 2.45) is 0 Å². The van der Waals surface area contributed by atoms with E-state index in [0.29, 0.717) is 29.3 Å². The smallest absolute Gasteiger partial charge is 0.219 e. The predicted octanol–water partition coefficient (Wildman–Crippen LogP) is 4.64. The van der Waals surface area contributed by atoms with E-state index in [1.54, 1.807) is 17.2 Å². The molecule has 2 aromatic carbocycles. The highest BCUT2D eigenvalue weighted by Gasteiger charge is 2.31. The van der Waals surface area contributed by atoms with Gasteiger partial charge in [-0.15, -0.1) is 0 Å². The van der Waals surface area contributed by atoms with Gasteiger partial charge in [-0.25, -0.2) is 17.8 Å². The number of fused-ring (bicyclic) bond motifs is 1. The van der Waals surface area contributed by atoms with Crippen LogP contribution in [0.1, 0.15) is 31.4 Å². The number of imidazole rings is 1. The van der Waals surface area contributed by atoms with Crippen molar-refractivity contribution in [2.75, 3.05) is 12.8 Å².